The van der Waals surface area contributed by atoms with Crippen molar-refractivity contribution in [1.29, 1.82) is 0 Å². The lowest BCUT2D eigenvalue weighted by molar-refractivity contribution is 0.0740. The van der Waals surface area contributed by atoms with Crippen molar-refractivity contribution in [2.45, 2.75) is 32.2 Å². The Morgan fingerprint density at radius 3 is 3.06 bits per heavy atom. The van der Waals surface area contributed by atoms with E-state index in [2.05, 4.69) is 28.2 Å². The van der Waals surface area contributed by atoms with Gasteiger partial charge in [-0.2, -0.15) is 0 Å². The van der Waals surface area contributed by atoms with Gasteiger partial charge in [-0.3, -0.25) is 4.79 Å². The molecule has 2 heterocycles. The van der Waals surface area contributed by atoms with Gasteiger partial charge >= 0.3 is 0 Å². The average Bonchev–Trinajstić information content (AvgIpc) is 2.99. The quantitative estimate of drug-likeness (QED) is 0.908. The van der Waals surface area contributed by atoms with Crippen molar-refractivity contribution in [3.8, 4) is 0 Å². The normalized spacial score (nSPS) is 19.1. The van der Waals surface area contributed by atoms with Crippen LogP contribution in [0.25, 0.3) is 0 Å². The zero-order valence-corrected chi connectivity index (χ0v) is 12.2. The van der Waals surface area contributed by atoms with Gasteiger partial charge in [-0.05, 0) is 47.8 Å². The summed E-state index contributed by atoms with van der Waals surface area (Å²) in [5.41, 5.74) is 0.612. The largest absolute Gasteiger partial charge is 0.457 e. The minimum Gasteiger partial charge on any atom is -0.457 e. The Bertz CT molecular complexity index is 399. The third-order valence-corrected chi connectivity index (χ3v) is 3.85. The molecule has 1 unspecified atom stereocenters. The highest BCUT2D eigenvalue weighted by Gasteiger charge is 2.24. The minimum absolute atomic E-state index is 0.0474. The molecule has 1 atom stereocenters. The van der Waals surface area contributed by atoms with Crippen LogP contribution in [0.5, 0.6) is 0 Å². The summed E-state index contributed by atoms with van der Waals surface area (Å²) >= 11 is 3.27. The summed E-state index contributed by atoms with van der Waals surface area (Å²) in [6.45, 7) is 4.72. The molecule has 1 fully saturated rings. The fraction of sp³-hybridized carbons (Fsp3) is 0.615. The highest BCUT2D eigenvalue weighted by atomic mass is 79.9. The van der Waals surface area contributed by atoms with Crippen LogP contribution >= 0.6 is 15.9 Å². The van der Waals surface area contributed by atoms with Crippen molar-refractivity contribution < 1.29 is 9.21 Å². The van der Waals surface area contributed by atoms with E-state index in [0.29, 0.717) is 16.3 Å². The Kier molecular flexibility index (Phi) is 4.83. The molecule has 1 N–H and O–H groups in total. The Labute approximate surface area is 116 Å². The highest BCUT2D eigenvalue weighted by Crippen LogP contribution is 2.20. The molecule has 1 aliphatic rings. The van der Waals surface area contributed by atoms with Gasteiger partial charge in [0.15, 0.2) is 4.67 Å². The van der Waals surface area contributed by atoms with Crippen LogP contribution in [0, 0.1) is 0 Å². The van der Waals surface area contributed by atoms with Gasteiger partial charge in [0.1, 0.15) is 0 Å². The summed E-state index contributed by atoms with van der Waals surface area (Å²) < 4.78 is 5.66. The van der Waals surface area contributed by atoms with Crippen molar-refractivity contribution in [1.82, 2.24) is 10.2 Å². The maximum atomic E-state index is 12.4. The second-order valence-corrected chi connectivity index (χ2v) is 5.37. The average molecular weight is 315 g/mol. The molecule has 0 aromatic carbocycles. The van der Waals surface area contributed by atoms with Crippen LogP contribution in [0.15, 0.2) is 21.4 Å². The number of carbonyl (C=O) groups is 1. The molecule has 1 aromatic rings. The standard InChI is InChI=1S/C13H19BrN2O2/c1-2-7-16(9-10-4-3-6-15-10)13(17)11-5-8-18-12(11)14/h5,8,10,15H,2-4,6-7,9H2,1H3. The van der Waals surface area contributed by atoms with Gasteiger partial charge in [-0.25, -0.2) is 0 Å². The molecule has 0 saturated carbocycles. The number of nitrogens with zero attached hydrogens (tertiary/aromatic N) is 1. The van der Waals surface area contributed by atoms with Gasteiger partial charge in [0.2, 0.25) is 0 Å². The van der Waals surface area contributed by atoms with Gasteiger partial charge in [0.25, 0.3) is 5.91 Å². The first kappa shape index (κ1) is 13.6. The minimum atomic E-state index is 0.0474. The van der Waals surface area contributed by atoms with Crippen LogP contribution in [-0.2, 0) is 0 Å². The summed E-state index contributed by atoms with van der Waals surface area (Å²) in [5, 5.41) is 3.43. The fourth-order valence-electron chi connectivity index (χ4n) is 2.34. The van der Waals surface area contributed by atoms with Crippen molar-refractivity contribution in [2.24, 2.45) is 0 Å². The molecular weight excluding hydrogens is 296 g/mol. The third-order valence-electron chi connectivity index (χ3n) is 3.23. The number of halogens is 1. The van der Waals surface area contributed by atoms with E-state index in [4.69, 9.17) is 4.42 Å². The zero-order valence-electron chi connectivity index (χ0n) is 10.6. The molecule has 4 nitrogen and oxygen atoms in total. The monoisotopic (exact) mass is 314 g/mol. The van der Waals surface area contributed by atoms with E-state index in [1.165, 1.54) is 12.7 Å². The van der Waals surface area contributed by atoms with E-state index in [9.17, 15) is 4.79 Å². The molecule has 0 aliphatic carbocycles. The summed E-state index contributed by atoms with van der Waals surface area (Å²) in [6, 6.07) is 2.16. The number of furan rings is 1. The van der Waals surface area contributed by atoms with Crippen LogP contribution in [0.3, 0.4) is 0 Å². The van der Waals surface area contributed by atoms with Gasteiger partial charge < -0.3 is 14.6 Å². The lowest BCUT2D eigenvalue weighted by Gasteiger charge is -2.25. The number of nitrogens with one attached hydrogen (secondary N) is 1. The van der Waals surface area contributed by atoms with Crippen molar-refractivity contribution in [3.63, 3.8) is 0 Å². The van der Waals surface area contributed by atoms with Gasteiger partial charge in [-0.15, -0.1) is 0 Å². The Morgan fingerprint density at radius 1 is 1.67 bits per heavy atom. The van der Waals surface area contributed by atoms with Gasteiger partial charge in [-0.1, -0.05) is 6.92 Å². The zero-order chi connectivity index (χ0) is 13.0. The number of amides is 1. The summed E-state index contributed by atoms with van der Waals surface area (Å²) in [6.07, 6.45) is 4.86. The SMILES string of the molecule is CCCN(CC1CCCN1)C(=O)c1ccoc1Br. The molecule has 0 bridgehead atoms. The van der Waals surface area contributed by atoms with Gasteiger partial charge in [0.05, 0.1) is 11.8 Å². The molecule has 1 amide bonds. The second-order valence-electron chi connectivity index (χ2n) is 4.65. The maximum absolute atomic E-state index is 12.4. The van der Waals surface area contributed by atoms with Crippen molar-refractivity contribution in [2.75, 3.05) is 19.6 Å². The van der Waals surface area contributed by atoms with Gasteiger partial charge in [0, 0.05) is 19.1 Å². The molecule has 1 aromatic heterocycles. The molecule has 0 radical (unpaired) electrons. The lowest BCUT2D eigenvalue weighted by Crippen LogP contribution is -2.41. The molecule has 1 aliphatic heterocycles. The Balaban J connectivity index is 2.04. The summed E-state index contributed by atoms with van der Waals surface area (Å²) in [7, 11) is 0. The first-order valence-electron chi connectivity index (χ1n) is 6.48. The molecular formula is C13H19BrN2O2. The first-order valence-corrected chi connectivity index (χ1v) is 7.27. The second kappa shape index (κ2) is 6.38. The van der Waals surface area contributed by atoms with Crippen molar-refractivity contribution in [3.05, 3.63) is 22.6 Å². The predicted molar refractivity (Wildman–Crippen MR) is 73.6 cm³/mol. The Hall–Kier alpha value is -0.810. The molecule has 100 valence electrons. The van der Waals surface area contributed by atoms with Crippen LogP contribution in [-0.4, -0.2) is 36.5 Å². The van der Waals surface area contributed by atoms with Crippen LogP contribution in [0.2, 0.25) is 0 Å². The number of hydrogen-bond acceptors (Lipinski definition) is 3. The smallest absolute Gasteiger partial charge is 0.258 e. The van der Waals surface area contributed by atoms with E-state index in [1.807, 2.05) is 4.90 Å². The molecule has 1 saturated heterocycles. The summed E-state index contributed by atoms with van der Waals surface area (Å²) in [4.78, 5) is 14.3. The van der Waals surface area contributed by atoms with E-state index in [0.717, 1.165) is 32.5 Å². The van der Waals surface area contributed by atoms with E-state index in [1.54, 1.807) is 6.07 Å². The molecule has 18 heavy (non-hydrogen) atoms. The topological polar surface area (TPSA) is 45.5 Å². The van der Waals surface area contributed by atoms with E-state index in [-0.39, 0.29) is 5.91 Å². The lowest BCUT2D eigenvalue weighted by atomic mass is 10.2. The fourth-order valence-corrected chi connectivity index (χ4v) is 2.75. The third kappa shape index (κ3) is 3.14. The molecule has 0 spiro atoms. The van der Waals surface area contributed by atoms with E-state index < -0.39 is 0 Å². The molecule has 2 rings (SSSR count). The molecule has 5 heteroatoms. The summed E-state index contributed by atoms with van der Waals surface area (Å²) in [5.74, 6) is 0.0474. The highest BCUT2D eigenvalue weighted by molar-refractivity contribution is 9.10. The van der Waals surface area contributed by atoms with Crippen LogP contribution in [0.4, 0.5) is 0 Å². The maximum Gasteiger partial charge on any atom is 0.258 e. The van der Waals surface area contributed by atoms with Crippen molar-refractivity contribution >= 4 is 21.8 Å². The number of hydrogen-bond donors (Lipinski definition) is 1. The van der Waals surface area contributed by atoms with Crippen LogP contribution in [0.1, 0.15) is 36.5 Å². The number of carbonyl (C=O) groups excluding carboxylic acids is 1. The first-order chi connectivity index (χ1) is 8.72. The van der Waals surface area contributed by atoms with Crippen LogP contribution < -0.4 is 5.32 Å². The Morgan fingerprint density at radius 2 is 2.50 bits per heavy atom. The number of rotatable bonds is 5. The van der Waals surface area contributed by atoms with E-state index >= 15 is 0 Å². The predicted octanol–water partition coefficient (Wildman–Crippen LogP) is 2.65.